The zero-order chi connectivity index (χ0) is 21.9. The first-order valence-electron chi connectivity index (χ1n) is 10.7. The van der Waals surface area contributed by atoms with Gasteiger partial charge in [0.2, 0.25) is 5.91 Å². The molecule has 0 radical (unpaired) electrons. The van der Waals surface area contributed by atoms with Crippen LogP contribution in [-0.2, 0) is 27.1 Å². The topological polar surface area (TPSA) is 95.9 Å². The number of ether oxygens (including phenoxy) is 2. The number of pyridine rings is 1. The van der Waals surface area contributed by atoms with Gasteiger partial charge in [-0.2, -0.15) is 0 Å². The van der Waals surface area contributed by atoms with E-state index < -0.39 is 5.91 Å². The Morgan fingerprint density at radius 2 is 2.00 bits per heavy atom. The van der Waals surface area contributed by atoms with Gasteiger partial charge in [0.05, 0.1) is 12.3 Å². The lowest BCUT2D eigenvalue weighted by Crippen LogP contribution is -2.14. The predicted molar refractivity (Wildman–Crippen MR) is 116 cm³/mol. The van der Waals surface area contributed by atoms with Crippen LogP contribution in [0.4, 0.5) is 0 Å². The standard InChI is InChI=1S/C12H15N3O.C11H18O3/c1-3-9-10(4-2)15-6-5-8(12(13)16)7-11(15)14-9;1-2-14-11(12)5-3-4-10-6-8-13-9-7-10/h5-7H,3-4H2,1-2H3,(H2,13,16);3,5,10H,2,4,6-9H2,1H3. The normalized spacial score (nSPS) is 14.5. The van der Waals surface area contributed by atoms with E-state index in [0.717, 1.165) is 56.7 Å². The number of imidazole rings is 1. The number of carbonyl (C=O) groups is 2. The molecule has 1 fully saturated rings. The molecule has 0 saturated carbocycles. The Bertz CT molecular complexity index is 867. The second-order valence-electron chi connectivity index (χ2n) is 7.17. The van der Waals surface area contributed by atoms with Crippen molar-refractivity contribution in [1.29, 1.82) is 0 Å². The summed E-state index contributed by atoms with van der Waals surface area (Å²) in [4.78, 5) is 26.5. The van der Waals surface area contributed by atoms with Crippen LogP contribution in [0.25, 0.3) is 5.65 Å². The third-order valence-electron chi connectivity index (χ3n) is 5.11. The number of carbonyl (C=O) groups excluding carboxylic acids is 2. The number of rotatable bonds is 7. The van der Waals surface area contributed by atoms with Gasteiger partial charge in [0.1, 0.15) is 5.65 Å². The minimum absolute atomic E-state index is 0.237. The molecule has 1 aliphatic heterocycles. The average molecular weight is 416 g/mol. The third-order valence-corrected chi connectivity index (χ3v) is 5.11. The van der Waals surface area contributed by atoms with E-state index in [2.05, 4.69) is 18.8 Å². The van der Waals surface area contributed by atoms with Gasteiger partial charge in [-0.05, 0) is 57.1 Å². The van der Waals surface area contributed by atoms with Crippen LogP contribution in [0, 0.1) is 5.92 Å². The summed E-state index contributed by atoms with van der Waals surface area (Å²) >= 11 is 0. The lowest BCUT2D eigenvalue weighted by Gasteiger charge is -2.20. The van der Waals surface area contributed by atoms with E-state index in [1.165, 1.54) is 11.8 Å². The highest BCUT2D eigenvalue weighted by molar-refractivity contribution is 5.93. The summed E-state index contributed by atoms with van der Waals surface area (Å²) in [6.07, 6.45) is 10.3. The Morgan fingerprint density at radius 1 is 1.27 bits per heavy atom. The molecule has 7 heteroatoms. The fourth-order valence-corrected chi connectivity index (χ4v) is 3.48. The molecule has 7 nitrogen and oxygen atoms in total. The van der Waals surface area contributed by atoms with Crippen molar-refractivity contribution in [2.24, 2.45) is 11.7 Å². The van der Waals surface area contributed by atoms with Gasteiger partial charge in [-0.15, -0.1) is 0 Å². The largest absolute Gasteiger partial charge is 0.463 e. The number of primary amides is 1. The van der Waals surface area contributed by atoms with E-state index in [9.17, 15) is 9.59 Å². The van der Waals surface area contributed by atoms with Gasteiger partial charge in [0.25, 0.3) is 0 Å². The van der Waals surface area contributed by atoms with Crippen molar-refractivity contribution in [3.05, 3.63) is 47.4 Å². The minimum Gasteiger partial charge on any atom is -0.463 e. The van der Waals surface area contributed by atoms with Gasteiger partial charge in [0, 0.05) is 36.7 Å². The third kappa shape index (κ3) is 6.69. The minimum atomic E-state index is -0.415. The van der Waals surface area contributed by atoms with Crippen LogP contribution in [0.1, 0.15) is 61.8 Å². The maximum atomic E-state index is 11.1. The number of hydrogen-bond acceptors (Lipinski definition) is 5. The molecule has 1 saturated heterocycles. The van der Waals surface area contributed by atoms with Crippen molar-refractivity contribution < 1.29 is 19.1 Å². The van der Waals surface area contributed by atoms with E-state index in [4.69, 9.17) is 15.2 Å². The highest BCUT2D eigenvalue weighted by atomic mass is 16.5. The Morgan fingerprint density at radius 3 is 2.60 bits per heavy atom. The molecule has 0 unspecified atom stereocenters. The van der Waals surface area contributed by atoms with Crippen LogP contribution in [0.15, 0.2) is 30.5 Å². The lowest BCUT2D eigenvalue weighted by molar-refractivity contribution is -0.137. The van der Waals surface area contributed by atoms with Crippen LogP contribution < -0.4 is 5.73 Å². The molecule has 3 rings (SSSR count). The summed E-state index contributed by atoms with van der Waals surface area (Å²) in [6.45, 7) is 8.15. The molecule has 0 bridgehead atoms. The number of fused-ring (bicyclic) bond motifs is 1. The molecule has 0 spiro atoms. The fourth-order valence-electron chi connectivity index (χ4n) is 3.48. The second kappa shape index (κ2) is 12.1. The first kappa shape index (κ1) is 23.6. The predicted octanol–water partition coefficient (Wildman–Crippen LogP) is 3.48. The monoisotopic (exact) mass is 415 g/mol. The molecule has 1 amide bonds. The zero-order valence-electron chi connectivity index (χ0n) is 18.2. The number of nitrogens with two attached hydrogens (primary N) is 1. The average Bonchev–Trinajstić information content (AvgIpc) is 3.12. The molecular weight excluding hydrogens is 382 g/mol. The van der Waals surface area contributed by atoms with Crippen LogP contribution in [-0.4, -0.2) is 41.1 Å². The van der Waals surface area contributed by atoms with E-state index in [-0.39, 0.29) is 5.97 Å². The Hall–Kier alpha value is -2.67. The summed E-state index contributed by atoms with van der Waals surface area (Å²) in [5.41, 5.74) is 8.83. The number of allylic oxidation sites excluding steroid dienone is 1. The number of nitrogens with zero attached hydrogens (tertiary/aromatic N) is 2. The summed E-state index contributed by atoms with van der Waals surface area (Å²) in [5.74, 6) is 0.0237. The molecule has 3 heterocycles. The summed E-state index contributed by atoms with van der Waals surface area (Å²) in [7, 11) is 0. The second-order valence-corrected chi connectivity index (χ2v) is 7.17. The SMILES string of the molecule is CCOC(=O)C=CCC1CCOCC1.CCc1nc2cc(C(N)=O)ccn2c1CC. The summed E-state index contributed by atoms with van der Waals surface area (Å²) < 4.78 is 12.0. The number of hydrogen-bond donors (Lipinski definition) is 1. The Balaban J connectivity index is 0.000000216. The Labute approximate surface area is 178 Å². The first-order valence-corrected chi connectivity index (χ1v) is 10.7. The molecule has 2 aromatic rings. The molecule has 0 aromatic carbocycles. The molecule has 30 heavy (non-hydrogen) atoms. The van der Waals surface area contributed by atoms with Gasteiger partial charge in [-0.3, -0.25) is 4.79 Å². The quantitative estimate of drug-likeness (QED) is 0.552. The van der Waals surface area contributed by atoms with E-state index in [1.807, 2.05) is 23.6 Å². The molecule has 2 N–H and O–H groups in total. The Kier molecular flexibility index (Phi) is 9.54. The maximum absolute atomic E-state index is 11.1. The number of amides is 1. The fraction of sp³-hybridized carbons (Fsp3) is 0.522. The maximum Gasteiger partial charge on any atom is 0.330 e. The van der Waals surface area contributed by atoms with Crippen LogP contribution >= 0.6 is 0 Å². The van der Waals surface area contributed by atoms with Crippen molar-refractivity contribution >= 4 is 17.5 Å². The smallest absolute Gasteiger partial charge is 0.330 e. The van der Waals surface area contributed by atoms with Crippen LogP contribution in [0.3, 0.4) is 0 Å². The number of aromatic nitrogens is 2. The van der Waals surface area contributed by atoms with Gasteiger partial charge in [-0.1, -0.05) is 19.9 Å². The summed E-state index contributed by atoms with van der Waals surface area (Å²) in [5, 5.41) is 0. The van der Waals surface area contributed by atoms with E-state index in [1.54, 1.807) is 12.1 Å². The molecule has 164 valence electrons. The van der Waals surface area contributed by atoms with Gasteiger partial charge < -0.3 is 19.6 Å². The van der Waals surface area contributed by atoms with Crippen LogP contribution in [0.5, 0.6) is 0 Å². The lowest BCUT2D eigenvalue weighted by atomic mass is 9.96. The molecule has 2 aromatic heterocycles. The number of esters is 1. The van der Waals surface area contributed by atoms with Gasteiger partial charge in [-0.25, -0.2) is 9.78 Å². The zero-order valence-corrected chi connectivity index (χ0v) is 18.2. The molecule has 0 aliphatic carbocycles. The van der Waals surface area contributed by atoms with E-state index in [0.29, 0.717) is 18.1 Å². The van der Waals surface area contributed by atoms with Gasteiger partial charge >= 0.3 is 5.97 Å². The van der Waals surface area contributed by atoms with Gasteiger partial charge in [0.15, 0.2) is 0 Å². The van der Waals surface area contributed by atoms with Crippen molar-refractivity contribution in [3.63, 3.8) is 0 Å². The van der Waals surface area contributed by atoms with Crippen molar-refractivity contribution in [2.45, 2.75) is 52.9 Å². The van der Waals surface area contributed by atoms with Crippen LogP contribution in [0.2, 0.25) is 0 Å². The van der Waals surface area contributed by atoms with Crippen molar-refractivity contribution in [2.75, 3.05) is 19.8 Å². The van der Waals surface area contributed by atoms with E-state index >= 15 is 0 Å². The van der Waals surface area contributed by atoms with Crippen molar-refractivity contribution in [1.82, 2.24) is 9.38 Å². The highest BCUT2D eigenvalue weighted by Crippen LogP contribution is 2.18. The molecular formula is C23H33N3O4. The molecule has 0 atom stereocenters. The van der Waals surface area contributed by atoms with Crippen molar-refractivity contribution in [3.8, 4) is 0 Å². The number of aryl methyl sites for hydroxylation is 2. The highest BCUT2D eigenvalue weighted by Gasteiger charge is 2.12. The molecule has 1 aliphatic rings. The summed E-state index contributed by atoms with van der Waals surface area (Å²) in [6, 6.07) is 3.47. The first-order chi connectivity index (χ1) is 14.5.